The van der Waals surface area contributed by atoms with Gasteiger partial charge >= 0.3 is 0 Å². The Bertz CT molecular complexity index is 493. The van der Waals surface area contributed by atoms with E-state index in [1.807, 2.05) is 24.0 Å². The van der Waals surface area contributed by atoms with Gasteiger partial charge in [0.1, 0.15) is 0 Å². The lowest BCUT2D eigenvalue weighted by molar-refractivity contribution is -0.0124. The molecule has 5 heteroatoms. The minimum atomic E-state index is 0. The van der Waals surface area contributed by atoms with E-state index in [-0.39, 0.29) is 24.4 Å². The molecular weight excluding hydrogens is 276 g/mol. The number of nitrogens with one attached hydrogen (secondary N) is 1. The Labute approximate surface area is 125 Å². The van der Waals surface area contributed by atoms with Gasteiger partial charge in [-0.15, -0.1) is 12.4 Å². The van der Waals surface area contributed by atoms with Crippen LogP contribution >= 0.6 is 12.4 Å². The van der Waals surface area contributed by atoms with Crippen molar-refractivity contribution in [2.75, 3.05) is 31.6 Å². The summed E-state index contributed by atoms with van der Waals surface area (Å²) in [5.41, 5.74) is 3.16. The fourth-order valence-corrected chi connectivity index (χ4v) is 2.88. The van der Waals surface area contributed by atoms with Gasteiger partial charge in [0, 0.05) is 30.9 Å². The van der Waals surface area contributed by atoms with E-state index in [1.165, 1.54) is 5.56 Å². The topological polar surface area (TPSA) is 41.6 Å². The van der Waals surface area contributed by atoms with Gasteiger partial charge in [-0.05, 0) is 37.5 Å². The molecule has 0 aromatic heterocycles. The number of rotatable bonds is 1. The Morgan fingerprint density at radius 3 is 3.10 bits per heavy atom. The molecule has 3 rings (SSSR count). The highest BCUT2D eigenvalue weighted by Gasteiger charge is 2.25. The number of carbonyl (C=O) groups excluding carboxylic acids is 1. The molecule has 20 heavy (non-hydrogen) atoms. The highest BCUT2D eigenvalue weighted by Crippen LogP contribution is 2.26. The monoisotopic (exact) mass is 296 g/mol. The first-order valence-corrected chi connectivity index (χ1v) is 7.02. The van der Waals surface area contributed by atoms with Crippen LogP contribution in [0.3, 0.4) is 0 Å². The second-order valence-corrected chi connectivity index (χ2v) is 5.29. The number of ether oxygens (including phenoxy) is 1. The van der Waals surface area contributed by atoms with Crippen LogP contribution in [0.15, 0.2) is 18.2 Å². The number of anilines is 1. The van der Waals surface area contributed by atoms with Crippen LogP contribution < -0.4 is 5.32 Å². The van der Waals surface area contributed by atoms with Crippen molar-refractivity contribution in [3.8, 4) is 0 Å². The Balaban J connectivity index is 0.00000147. The van der Waals surface area contributed by atoms with Crippen LogP contribution in [0.25, 0.3) is 0 Å². The molecule has 0 aliphatic carbocycles. The smallest absolute Gasteiger partial charge is 0.254 e. The molecular formula is C15H21ClN2O2. The summed E-state index contributed by atoms with van der Waals surface area (Å²) in [4.78, 5) is 14.6. The second-order valence-electron chi connectivity index (χ2n) is 5.29. The summed E-state index contributed by atoms with van der Waals surface area (Å²) >= 11 is 0. The van der Waals surface area contributed by atoms with E-state index in [0.29, 0.717) is 19.7 Å². The van der Waals surface area contributed by atoms with Crippen LogP contribution in [0.2, 0.25) is 0 Å². The van der Waals surface area contributed by atoms with Crippen molar-refractivity contribution < 1.29 is 9.53 Å². The molecule has 1 amide bonds. The summed E-state index contributed by atoms with van der Waals surface area (Å²) in [7, 11) is 0. The molecule has 1 atom stereocenters. The lowest BCUT2D eigenvalue weighted by Gasteiger charge is -2.32. The molecule has 0 spiro atoms. The third kappa shape index (κ3) is 2.91. The van der Waals surface area contributed by atoms with Gasteiger partial charge in [-0.1, -0.05) is 6.07 Å². The lowest BCUT2D eigenvalue weighted by Crippen LogP contribution is -2.44. The summed E-state index contributed by atoms with van der Waals surface area (Å²) in [5, 5.41) is 3.37. The number of hydrogen-bond donors (Lipinski definition) is 1. The molecule has 0 saturated carbocycles. The summed E-state index contributed by atoms with van der Waals surface area (Å²) in [5.74, 6) is 0.149. The molecule has 1 saturated heterocycles. The molecule has 1 fully saturated rings. The predicted molar refractivity (Wildman–Crippen MR) is 81.8 cm³/mol. The molecule has 2 aliphatic rings. The number of morpholine rings is 1. The van der Waals surface area contributed by atoms with Crippen molar-refractivity contribution in [1.29, 1.82) is 0 Å². The van der Waals surface area contributed by atoms with Crippen molar-refractivity contribution in [3.63, 3.8) is 0 Å². The van der Waals surface area contributed by atoms with Crippen LogP contribution in [0.5, 0.6) is 0 Å². The number of fused-ring (bicyclic) bond motifs is 1. The number of amides is 1. The van der Waals surface area contributed by atoms with Crippen LogP contribution in [0.4, 0.5) is 5.69 Å². The van der Waals surface area contributed by atoms with Crippen molar-refractivity contribution in [3.05, 3.63) is 29.3 Å². The van der Waals surface area contributed by atoms with Crippen LogP contribution in [-0.2, 0) is 11.2 Å². The van der Waals surface area contributed by atoms with E-state index < -0.39 is 0 Å². The zero-order valence-electron chi connectivity index (χ0n) is 11.7. The third-order valence-electron chi connectivity index (χ3n) is 3.85. The molecule has 0 bridgehead atoms. The van der Waals surface area contributed by atoms with E-state index in [4.69, 9.17) is 4.74 Å². The van der Waals surface area contributed by atoms with Gasteiger partial charge in [0.2, 0.25) is 0 Å². The Morgan fingerprint density at radius 1 is 1.45 bits per heavy atom. The zero-order valence-corrected chi connectivity index (χ0v) is 12.5. The number of benzene rings is 1. The van der Waals surface area contributed by atoms with Crippen LogP contribution in [0.1, 0.15) is 29.3 Å². The molecule has 110 valence electrons. The Hall–Kier alpha value is -1.26. The van der Waals surface area contributed by atoms with Crippen molar-refractivity contribution in [2.24, 2.45) is 0 Å². The maximum absolute atomic E-state index is 12.7. The minimum Gasteiger partial charge on any atom is -0.385 e. The first kappa shape index (κ1) is 15.1. The molecule has 1 N–H and O–H groups in total. The van der Waals surface area contributed by atoms with E-state index in [0.717, 1.165) is 30.6 Å². The molecule has 4 nitrogen and oxygen atoms in total. The number of hydrogen-bond acceptors (Lipinski definition) is 3. The highest BCUT2D eigenvalue weighted by atomic mass is 35.5. The standard InChI is InChI=1S/C15H20N2O2.ClH/c1-11-10-17(8-9-19-11)15(18)13-4-2-6-14-12(13)5-3-7-16-14;/h2,4,6,11,16H,3,5,7-10H2,1H3;1H. The van der Waals surface area contributed by atoms with Gasteiger partial charge in [0.05, 0.1) is 12.7 Å². The number of nitrogens with zero attached hydrogens (tertiary/aromatic N) is 1. The van der Waals surface area contributed by atoms with Crippen molar-refractivity contribution >= 4 is 24.0 Å². The maximum atomic E-state index is 12.7. The number of carbonyl (C=O) groups is 1. The highest BCUT2D eigenvalue weighted by molar-refractivity contribution is 5.97. The fraction of sp³-hybridized carbons (Fsp3) is 0.533. The van der Waals surface area contributed by atoms with Crippen molar-refractivity contribution in [2.45, 2.75) is 25.9 Å². The Kier molecular flexibility index (Phi) is 4.89. The molecule has 0 radical (unpaired) electrons. The lowest BCUT2D eigenvalue weighted by atomic mass is 9.96. The van der Waals surface area contributed by atoms with E-state index >= 15 is 0 Å². The van der Waals surface area contributed by atoms with E-state index in [9.17, 15) is 4.79 Å². The first-order valence-electron chi connectivity index (χ1n) is 7.02. The molecule has 1 aromatic rings. The van der Waals surface area contributed by atoms with Gasteiger partial charge in [-0.3, -0.25) is 4.79 Å². The average molecular weight is 297 g/mol. The average Bonchev–Trinajstić information content (AvgIpc) is 2.46. The fourth-order valence-electron chi connectivity index (χ4n) is 2.88. The van der Waals surface area contributed by atoms with Gasteiger partial charge in [0.15, 0.2) is 0 Å². The third-order valence-corrected chi connectivity index (χ3v) is 3.85. The predicted octanol–water partition coefficient (Wildman–Crippen LogP) is 2.33. The Morgan fingerprint density at radius 2 is 2.30 bits per heavy atom. The quantitative estimate of drug-likeness (QED) is 0.865. The van der Waals surface area contributed by atoms with Gasteiger partial charge in [-0.25, -0.2) is 0 Å². The summed E-state index contributed by atoms with van der Waals surface area (Å²) in [6, 6.07) is 5.98. The normalized spacial score (nSPS) is 21.4. The van der Waals surface area contributed by atoms with Gasteiger partial charge in [0.25, 0.3) is 5.91 Å². The van der Waals surface area contributed by atoms with E-state index in [1.54, 1.807) is 0 Å². The largest absolute Gasteiger partial charge is 0.385 e. The first-order chi connectivity index (χ1) is 9.25. The second kappa shape index (κ2) is 6.46. The molecule has 1 unspecified atom stereocenters. The molecule has 2 heterocycles. The van der Waals surface area contributed by atoms with E-state index in [2.05, 4.69) is 11.4 Å². The maximum Gasteiger partial charge on any atom is 0.254 e. The van der Waals surface area contributed by atoms with Crippen molar-refractivity contribution in [1.82, 2.24) is 4.90 Å². The minimum absolute atomic E-state index is 0. The SMILES string of the molecule is CC1CN(C(=O)c2cccc3c2CCCN3)CCO1.Cl. The van der Waals surface area contributed by atoms with Gasteiger partial charge < -0.3 is 15.0 Å². The number of halogens is 1. The molecule has 1 aromatic carbocycles. The summed E-state index contributed by atoms with van der Waals surface area (Å²) < 4.78 is 5.50. The van der Waals surface area contributed by atoms with Crippen LogP contribution in [0, 0.1) is 0 Å². The van der Waals surface area contributed by atoms with Crippen LogP contribution in [-0.4, -0.2) is 43.2 Å². The van der Waals surface area contributed by atoms with Gasteiger partial charge in [-0.2, -0.15) is 0 Å². The summed E-state index contributed by atoms with van der Waals surface area (Å²) in [6.07, 6.45) is 2.22. The summed E-state index contributed by atoms with van der Waals surface area (Å²) in [6.45, 7) is 5.04. The molecule has 2 aliphatic heterocycles. The zero-order chi connectivity index (χ0) is 13.2.